The number of H-pyrrole nitrogens is 1. The number of rotatable bonds is 2. The van der Waals surface area contributed by atoms with Crippen molar-refractivity contribution in [3.8, 4) is 0 Å². The fourth-order valence-corrected chi connectivity index (χ4v) is 3.14. The lowest BCUT2D eigenvalue weighted by atomic mass is 9.95. The topological polar surface area (TPSA) is 83.8 Å². The van der Waals surface area contributed by atoms with Gasteiger partial charge in [-0.3, -0.25) is 9.89 Å². The molecule has 1 heterocycles. The highest BCUT2D eigenvalue weighted by molar-refractivity contribution is 5.98. The SMILES string of the molecule is Nc1[nH]ncc1C(=O)NC1CC2CCC1C2. The Morgan fingerprint density at radius 2 is 2.38 bits per heavy atom. The molecule has 1 aromatic heterocycles. The highest BCUT2D eigenvalue weighted by atomic mass is 16.1. The Bertz CT molecular complexity index is 414. The van der Waals surface area contributed by atoms with Crippen LogP contribution >= 0.6 is 0 Å². The first-order valence-corrected chi connectivity index (χ1v) is 5.83. The predicted octanol–water partition coefficient (Wildman–Crippen LogP) is 0.910. The molecule has 0 aliphatic heterocycles. The molecule has 3 unspecified atom stereocenters. The van der Waals surface area contributed by atoms with Gasteiger partial charge in [0.2, 0.25) is 0 Å². The summed E-state index contributed by atoms with van der Waals surface area (Å²) in [6.45, 7) is 0. The molecule has 5 nitrogen and oxygen atoms in total. The van der Waals surface area contributed by atoms with Crippen LogP contribution in [-0.2, 0) is 0 Å². The summed E-state index contributed by atoms with van der Waals surface area (Å²) in [6.07, 6.45) is 6.50. The van der Waals surface area contributed by atoms with E-state index in [1.165, 1.54) is 25.5 Å². The Kier molecular flexibility index (Phi) is 2.12. The summed E-state index contributed by atoms with van der Waals surface area (Å²) in [5.74, 6) is 1.77. The molecule has 16 heavy (non-hydrogen) atoms. The van der Waals surface area contributed by atoms with E-state index in [9.17, 15) is 4.79 Å². The molecule has 0 radical (unpaired) electrons. The molecule has 1 aromatic rings. The predicted molar refractivity (Wildman–Crippen MR) is 59.7 cm³/mol. The third kappa shape index (κ3) is 1.47. The maximum absolute atomic E-state index is 11.9. The summed E-state index contributed by atoms with van der Waals surface area (Å²) in [5.41, 5.74) is 6.07. The molecule has 2 saturated carbocycles. The molecule has 2 aliphatic carbocycles. The van der Waals surface area contributed by atoms with Gasteiger partial charge in [-0.25, -0.2) is 0 Å². The third-order valence-electron chi connectivity index (χ3n) is 3.97. The van der Waals surface area contributed by atoms with E-state index in [0.29, 0.717) is 23.3 Å². The van der Waals surface area contributed by atoms with Gasteiger partial charge in [-0.2, -0.15) is 5.10 Å². The van der Waals surface area contributed by atoms with Gasteiger partial charge in [0, 0.05) is 6.04 Å². The van der Waals surface area contributed by atoms with Crippen molar-refractivity contribution in [1.82, 2.24) is 15.5 Å². The largest absolute Gasteiger partial charge is 0.383 e. The maximum Gasteiger partial charge on any atom is 0.256 e. The molecule has 0 aromatic carbocycles. The molecular formula is C11H16N4O. The minimum Gasteiger partial charge on any atom is -0.383 e. The number of nitrogens with two attached hydrogens (primary N) is 1. The van der Waals surface area contributed by atoms with E-state index in [2.05, 4.69) is 15.5 Å². The fraction of sp³-hybridized carbons (Fsp3) is 0.636. The number of carbonyl (C=O) groups is 1. The van der Waals surface area contributed by atoms with E-state index in [-0.39, 0.29) is 5.91 Å². The average molecular weight is 220 g/mol. The van der Waals surface area contributed by atoms with E-state index in [1.807, 2.05) is 0 Å². The number of carbonyl (C=O) groups excluding carboxylic acids is 1. The number of aromatic nitrogens is 2. The van der Waals surface area contributed by atoms with Crippen LogP contribution in [-0.4, -0.2) is 22.1 Å². The van der Waals surface area contributed by atoms with Crippen LogP contribution < -0.4 is 11.1 Å². The lowest BCUT2D eigenvalue weighted by Gasteiger charge is -2.22. The Labute approximate surface area is 93.8 Å². The average Bonchev–Trinajstić information content (AvgIpc) is 2.92. The molecule has 2 fully saturated rings. The minimum absolute atomic E-state index is 0.0937. The van der Waals surface area contributed by atoms with Gasteiger partial charge in [-0.1, -0.05) is 6.42 Å². The molecule has 2 bridgehead atoms. The van der Waals surface area contributed by atoms with Crippen molar-refractivity contribution in [1.29, 1.82) is 0 Å². The standard InChI is InChI=1S/C11H16N4O/c12-10-8(5-13-15-10)11(16)14-9-4-6-1-2-7(9)3-6/h5-7,9H,1-4H2,(H,14,16)(H3,12,13,15). The van der Waals surface area contributed by atoms with Gasteiger partial charge in [0.05, 0.1) is 6.20 Å². The van der Waals surface area contributed by atoms with Crippen molar-refractivity contribution in [2.75, 3.05) is 5.73 Å². The first-order valence-electron chi connectivity index (χ1n) is 5.83. The number of nitrogens with zero attached hydrogens (tertiary/aromatic N) is 1. The number of anilines is 1. The number of hydrogen-bond acceptors (Lipinski definition) is 3. The molecule has 0 saturated heterocycles. The van der Waals surface area contributed by atoms with Crippen LogP contribution in [0.15, 0.2) is 6.20 Å². The fourth-order valence-electron chi connectivity index (χ4n) is 3.14. The summed E-state index contributed by atoms with van der Waals surface area (Å²) in [4.78, 5) is 11.9. The van der Waals surface area contributed by atoms with Gasteiger partial charge in [0.1, 0.15) is 11.4 Å². The van der Waals surface area contributed by atoms with Gasteiger partial charge in [0.25, 0.3) is 5.91 Å². The number of fused-ring (bicyclic) bond motifs is 2. The summed E-state index contributed by atoms with van der Waals surface area (Å²) >= 11 is 0. The van der Waals surface area contributed by atoms with Crippen LogP contribution in [0.1, 0.15) is 36.0 Å². The molecule has 3 atom stereocenters. The van der Waals surface area contributed by atoms with Crippen molar-refractivity contribution >= 4 is 11.7 Å². The van der Waals surface area contributed by atoms with Gasteiger partial charge in [-0.05, 0) is 31.1 Å². The van der Waals surface area contributed by atoms with Gasteiger partial charge in [-0.15, -0.1) is 0 Å². The van der Waals surface area contributed by atoms with Crippen LogP contribution in [0.2, 0.25) is 0 Å². The van der Waals surface area contributed by atoms with E-state index in [1.54, 1.807) is 0 Å². The molecule has 4 N–H and O–H groups in total. The molecule has 3 rings (SSSR count). The zero-order valence-electron chi connectivity index (χ0n) is 9.07. The number of nitrogens with one attached hydrogen (secondary N) is 2. The molecule has 5 heteroatoms. The van der Waals surface area contributed by atoms with E-state index < -0.39 is 0 Å². The van der Waals surface area contributed by atoms with Crippen molar-refractivity contribution in [2.24, 2.45) is 11.8 Å². The lowest BCUT2D eigenvalue weighted by molar-refractivity contribution is 0.0924. The smallest absolute Gasteiger partial charge is 0.256 e. The number of amides is 1. The van der Waals surface area contributed by atoms with Gasteiger partial charge >= 0.3 is 0 Å². The van der Waals surface area contributed by atoms with Crippen LogP contribution in [0.5, 0.6) is 0 Å². The second-order valence-electron chi connectivity index (χ2n) is 4.95. The Hall–Kier alpha value is -1.52. The zero-order valence-corrected chi connectivity index (χ0v) is 9.07. The maximum atomic E-state index is 11.9. The summed E-state index contributed by atoms with van der Waals surface area (Å²) in [6, 6.07) is 0.348. The van der Waals surface area contributed by atoms with Crippen LogP contribution in [0.3, 0.4) is 0 Å². The number of aromatic amines is 1. The minimum atomic E-state index is -0.0937. The van der Waals surface area contributed by atoms with Crippen LogP contribution in [0.25, 0.3) is 0 Å². The first-order chi connectivity index (χ1) is 7.74. The molecule has 86 valence electrons. The molecular weight excluding hydrogens is 204 g/mol. The Morgan fingerprint density at radius 3 is 2.94 bits per heavy atom. The van der Waals surface area contributed by atoms with E-state index in [0.717, 1.165) is 12.3 Å². The summed E-state index contributed by atoms with van der Waals surface area (Å²) in [5, 5.41) is 9.40. The molecule has 0 spiro atoms. The van der Waals surface area contributed by atoms with Gasteiger partial charge < -0.3 is 11.1 Å². The Morgan fingerprint density at radius 1 is 1.50 bits per heavy atom. The monoisotopic (exact) mass is 220 g/mol. The first kappa shape index (κ1) is 9.69. The molecule has 2 aliphatic rings. The summed E-state index contributed by atoms with van der Waals surface area (Å²) in [7, 11) is 0. The second kappa shape index (κ2) is 3.50. The third-order valence-corrected chi connectivity index (χ3v) is 3.97. The van der Waals surface area contributed by atoms with Gasteiger partial charge in [0.15, 0.2) is 0 Å². The quantitative estimate of drug-likeness (QED) is 0.692. The zero-order chi connectivity index (χ0) is 11.1. The lowest BCUT2D eigenvalue weighted by Crippen LogP contribution is -2.38. The summed E-state index contributed by atoms with van der Waals surface area (Å²) < 4.78 is 0. The Balaban J connectivity index is 1.67. The normalized spacial score (nSPS) is 31.9. The van der Waals surface area contributed by atoms with Crippen LogP contribution in [0.4, 0.5) is 5.82 Å². The highest BCUT2D eigenvalue weighted by Gasteiger charge is 2.40. The van der Waals surface area contributed by atoms with Crippen molar-refractivity contribution in [3.05, 3.63) is 11.8 Å². The number of nitrogen functional groups attached to an aromatic ring is 1. The van der Waals surface area contributed by atoms with Crippen molar-refractivity contribution in [2.45, 2.75) is 31.7 Å². The highest BCUT2D eigenvalue weighted by Crippen LogP contribution is 2.44. The number of hydrogen-bond donors (Lipinski definition) is 3. The van der Waals surface area contributed by atoms with E-state index >= 15 is 0 Å². The van der Waals surface area contributed by atoms with Crippen LogP contribution in [0, 0.1) is 11.8 Å². The second-order valence-corrected chi connectivity index (χ2v) is 4.95. The van der Waals surface area contributed by atoms with Crippen molar-refractivity contribution < 1.29 is 4.79 Å². The van der Waals surface area contributed by atoms with Crippen molar-refractivity contribution in [3.63, 3.8) is 0 Å². The molecule has 1 amide bonds. The van der Waals surface area contributed by atoms with E-state index in [4.69, 9.17) is 5.73 Å².